The van der Waals surface area contributed by atoms with E-state index in [-0.39, 0.29) is 0 Å². The topological polar surface area (TPSA) is 25.8 Å². The molecule has 2 aromatic heterocycles. The molecule has 0 saturated heterocycles. The molecule has 2 heterocycles. The summed E-state index contributed by atoms with van der Waals surface area (Å²) in [6.45, 7) is 4.21. The van der Waals surface area contributed by atoms with E-state index in [1.54, 1.807) is 23.1 Å². The molecule has 0 unspecified atom stereocenters. The minimum atomic E-state index is 0.576. The largest absolute Gasteiger partial charge is 0.211 e. The molecular formula is C10H11ClN2S2. The van der Waals surface area contributed by atoms with Crippen LogP contribution >= 0.6 is 34.7 Å². The van der Waals surface area contributed by atoms with Crippen molar-refractivity contribution in [2.75, 3.05) is 5.75 Å². The summed E-state index contributed by atoms with van der Waals surface area (Å²) >= 11 is 9.43. The molecule has 0 aromatic carbocycles. The molecule has 0 aliphatic carbocycles. The van der Waals surface area contributed by atoms with Crippen LogP contribution in [-0.4, -0.2) is 15.7 Å². The van der Waals surface area contributed by atoms with Gasteiger partial charge in [-0.15, -0.1) is 11.3 Å². The highest BCUT2D eigenvalue weighted by Crippen LogP contribution is 2.30. The summed E-state index contributed by atoms with van der Waals surface area (Å²) in [7, 11) is 0. The van der Waals surface area contributed by atoms with E-state index in [1.165, 1.54) is 4.88 Å². The second-order valence-electron chi connectivity index (χ2n) is 3.02. The molecule has 0 saturated carbocycles. The molecule has 2 aromatic rings. The smallest absolute Gasteiger partial charge is 0.190 e. The van der Waals surface area contributed by atoms with Crippen LogP contribution in [0.5, 0.6) is 0 Å². The predicted molar refractivity (Wildman–Crippen MR) is 68.2 cm³/mol. The third-order valence-electron chi connectivity index (χ3n) is 2.00. The quantitative estimate of drug-likeness (QED) is 0.472. The van der Waals surface area contributed by atoms with Gasteiger partial charge in [0.2, 0.25) is 0 Å². The van der Waals surface area contributed by atoms with Crippen LogP contribution in [0.3, 0.4) is 0 Å². The maximum atomic E-state index is 6.11. The zero-order valence-electron chi connectivity index (χ0n) is 8.58. The van der Waals surface area contributed by atoms with Crippen molar-refractivity contribution >= 4 is 44.9 Å². The molecule has 0 aliphatic heterocycles. The van der Waals surface area contributed by atoms with Crippen LogP contribution in [0, 0.1) is 0 Å². The van der Waals surface area contributed by atoms with E-state index in [0.29, 0.717) is 5.15 Å². The van der Waals surface area contributed by atoms with E-state index in [0.717, 1.165) is 27.5 Å². The standard InChI is InChI=1S/C10H11ClN2S2/c1-3-6-5-7-8(11)12-10(14-4-2)13-9(7)15-6/h5H,3-4H2,1-2H3. The number of fused-ring (bicyclic) bond motifs is 1. The highest BCUT2D eigenvalue weighted by molar-refractivity contribution is 7.99. The summed E-state index contributed by atoms with van der Waals surface area (Å²) in [6.07, 6.45) is 1.02. The molecule has 2 rings (SSSR count). The predicted octanol–water partition coefficient (Wildman–Crippen LogP) is 4.02. The van der Waals surface area contributed by atoms with Crippen molar-refractivity contribution in [2.45, 2.75) is 25.4 Å². The van der Waals surface area contributed by atoms with E-state index < -0.39 is 0 Å². The fourth-order valence-corrected chi connectivity index (χ4v) is 3.21. The van der Waals surface area contributed by atoms with Crippen LogP contribution in [-0.2, 0) is 6.42 Å². The van der Waals surface area contributed by atoms with Crippen LogP contribution in [0.1, 0.15) is 18.7 Å². The number of thiophene rings is 1. The van der Waals surface area contributed by atoms with Gasteiger partial charge in [-0.3, -0.25) is 0 Å². The maximum Gasteiger partial charge on any atom is 0.190 e. The van der Waals surface area contributed by atoms with E-state index in [4.69, 9.17) is 11.6 Å². The Morgan fingerprint density at radius 1 is 1.40 bits per heavy atom. The van der Waals surface area contributed by atoms with Gasteiger partial charge < -0.3 is 0 Å². The number of aryl methyl sites for hydroxylation is 1. The number of halogens is 1. The Hall–Kier alpha value is -0.320. The molecular weight excluding hydrogens is 248 g/mol. The highest BCUT2D eigenvalue weighted by Gasteiger charge is 2.09. The second kappa shape index (κ2) is 4.68. The minimum absolute atomic E-state index is 0.576. The lowest BCUT2D eigenvalue weighted by atomic mass is 10.3. The second-order valence-corrected chi connectivity index (χ2v) is 5.72. The molecule has 0 radical (unpaired) electrons. The number of rotatable bonds is 3. The van der Waals surface area contributed by atoms with E-state index in [2.05, 4.69) is 29.9 Å². The van der Waals surface area contributed by atoms with Gasteiger partial charge >= 0.3 is 0 Å². The number of nitrogens with zero attached hydrogens (tertiary/aromatic N) is 2. The molecule has 0 N–H and O–H groups in total. The van der Waals surface area contributed by atoms with Gasteiger partial charge in [0, 0.05) is 10.3 Å². The Morgan fingerprint density at radius 3 is 2.87 bits per heavy atom. The third kappa shape index (κ3) is 2.27. The van der Waals surface area contributed by atoms with Crippen molar-refractivity contribution in [1.82, 2.24) is 9.97 Å². The summed E-state index contributed by atoms with van der Waals surface area (Å²) < 4.78 is 0. The molecule has 0 spiro atoms. The molecule has 80 valence electrons. The van der Waals surface area contributed by atoms with Crippen molar-refractivity contribution in [3.8, 4) is 0 Å². The fourth-order valence-electron chi connectivity index (χ4n) is 1.29. The van der Waals surface area contributed by atoms with Crippen LogP contribution in [0.4, 0.5) is 0 Å². The summed E-state index contributed by atoms with van der Waals surface area (Å²) in [5.41, 5.74) is 0. The fraction of sp³-hybridized carbons (Fsp3) is 0.400. The molecule has 0 atom stereocenters. The Morgan fingerprint density at radius 2 is 2.20 bits per heavy atom. The number of thioether (sulfide) groups is 1. The lowest BCUT2D eigenvalue weighted by Crippen LogP contribution is -1.86. The lowest BCUT2D eigenvalue weighted by Gasteiger charge is -1.97. The summed E-state index contributed by atoms with van der Waals surface area (Å²) in [5.74, 6) is 0.966. The average Bonchev–Trinajstić information content (AvgIpc) is 2.62. The van der Waals surface area contributed by atoms with Gasteiger partial charge in [-0.25, -0.2) is 9.97 Å². The van der Waals surface area contributed by atoms with Crippen molar-refractivity contribution in [2.24, 2.45) is 0 Å². The van der Waals surface area contributed by atoms with Crippen molar-refractivity contribution in [1.29, 1.82) is 0 Å². The minimum Gasteiger partial charge on any atom is -0.211 e. The first-order chi connectivity index (χ1) is 7.24. The molecule has 0 aliphatic rings. The van der Waals surface area contributed by atoms with Crippen LogP contribution < -0.4 is 0 Å². The zero-order chi connectivity index (χ0) is 10.8. The number of aromatic nitrogens is 2. The maximum absolute atomic E-state index is 6.11. The molecule has 15 heavy (non-hydrogen) atoms. The summed E-state index contributed by atoms with van der Waals surface area (Å²) in [5, 5.41) is 2.34. The Balaban J connectivity index is 2.54. The van der Waals surface area contributed by atoms with Crippen molar-refractivity contribution in [3.05, 3.63) is 16.1 Å². The van der Waals surface area contributed by atoms with Crippen molar-refractivity contribution < 1.29 is 0 Å². The Bertz CT molecular complexity index is 481. The first kappa shape index (κ1) is 11.2. The number of hydrogen-bond acceptors (Lipinski definition) is 4. The van der Waals surface area contributed by atoms with Crippen LogP contribution in [0.2, 0.25) is 5.15 Å². The van der Waals surface area contributed by atoms with Crippen LogP contribution in [0.25, 0.3) is 10.2 Å². The van der Waals surface area contributed by atoms with E-state index in [9.17, 15) is 0 Å². The SMILES string of the molecule is CCSc1nc(Cl)c2cc(CC)sc2n1. The van der Waals surface area contributed by atoms with Crippen LogP contribution in [0.15, 0.2) is 11.2 Å². The normalized spacial score (nSPS) is 11.1. The molecule has 0 bridgehead atoms. The van der Waals surface area contributed by atoms with Crippen molar-refractivity contribution in [3.63, 3.8) is 0 Å². The molecule has 5 heteroatoms. The van der Waals surface area contributed by atoms with E-state index >= 15 is 0 Å². The monoisotopic (exact) mass is 258 g/mol. The Labute approximate surface area is 102 Å². The van der Waals surface area contributed by atoms with Gasteiger partial charge in [-0.05, 0) is 18.2 Å². The molecule has 2 nitrogen and oxygen atoms in total. The Kier molecular flexibility index (Phi) is 3.49. The zero-order valence-corrected chi connectivity index (χ0v) is 11.0. The van der Waals surface area contributed by atoms with Gasteiger partial charge in [0.25, 0.3) is 0 Å². The van der Waals surface area contributed by atoms with Gasteiger partial charge in [0.1, 0.15) is 9.98 Å². The molecule has 0 fully saturated rings. The van der Waals surface area contributed by atoms with Gasteiger partial charge in [0.05, 0.1) is 0 Å². The average molecular weight is 259 g/mol. The first-order valence-electron chi connectivity index (χ1n) is 4.83. The summed E-state index contributed by atoms with van der Waals surface area (Å²) in [4.78, 5) is 11.1. The molecule has 0 amide bonds. The van der Waals surface area contributed by atoms with E-state index in [1.807, 2.05) is 0 Å². The van der Waals surface area contributed by atoms with Gasteiger partial charge in [0.15, 0.2) is 5.16 Å². The number of hydrogen-bond donors (Lipinski definition) is 0. The van der Waals surface area contributed by atoms with Gasteiger partial charge in [-0.2, -0.15) is 0 Å². The summed E-state index contributed by atoms with van der Waals surface area (Å²) in [6, 6.07) is 2.09. The lowest BCUT2D eigenvalue weighted by molar-refractivity contribution is 1.01. The highest BCUT2D eigenvalue weighted by atomic mass is 35.5. The van der Waals surface area contributed by atoms with Gasteiger partial charge in [-0.1, -0.05) is 37.2 Å². The third-order valence-corrected chi connectivity index (χ3v) is 4.19. The first-order valence-corrected chi connectivity index (χ1v) is 7.01.